The van der Waals surface area contributed by atoms with Crippen LogP contribution in [0.1, 0.15) is 70.5 Å². The largest absolute Gasteiger partial charge is 0.452 e. The summed E-state index contributed by atoms with van der Waals surface area (Å²) in [4.78, 5) is 39.0. The van der Waals surface area contributed by atoms with Crippen molar-refractivity contribution in [2.24, 2.45) is 5.92 Å². The van der Waals surface area contributed by atoms with Crippen molar-refractivity contribution in [2.45, 2.75) is 77.5 Å². The first-order chi connectivity index (χ1) is 14.6. The van der Waals surface area contributed by atoms with Gasteiger partial charge < -0.3 is 19.7 Å². The lowest BCUT2D eigenvalue weighted by Crippen LogP contribution is -2.44. The van der Waals surface area contributed by atoms with Gasteiger partial charge in [-0.3, -0.25) is 9.59 Å². The second-order valence-electron chi connectivity index (χ2n) is 9.47. The number of piperidine rings is 1. The van der Waals surface area contributed by atoms with E-state index in [4.69, 9.17) is 9.47 Å². The quantitative estimate of drug-likeness (QED) is 0.735. The monoisotopic (exact) mass is 430 g/mol. The van der Waals surface area contributed by atoms with Crippen LogP contribution in [0.2, 0.25) is 0 Å². The van der Waals surface area contributed by atoms with E-state index in [2.05, 4.69) is 17.4 Å². The number of esters is 1. The van der Waals surface area contributed by atoms with E-state index in [1.165, 1.54) is 5.56 Å². The molecule has 2 amide bonds. The standard InChI is InChI=1S/C24H34N2O5/c1-16(21(27)25-20-11-7-9-17-8-5-6-10-19(17)20)30-22(28)18-12-14-26(15-13-18)23(29)31-24(2,3)4/h5-6,8,10,16,18,20H,7,9,11-15H2,1-4H3,(H,25,27)/t16-,20-/m0/s1. The lowest BCUT2D eigenvalue weighted by molar-refractivity contribution is -0.160. The molecule has 170 valence electrons. The summed E-state index contributed by atoms with van der Waals surface area (Å²) >= 11 is 0. The molecule has 3 rings (SSSR count). The Labute approximate surface area is 184 Å². The fraction of sp³-hybridized carbons (Fsp3) is 0.625. The summed E-state index contributed by atoms with van der Waals surface area (Å²) in [7, 11) is 0. The number of likely N-dealkylation sites (tertiary alicyclic amines) is 1. The number of aryl methyl sites for hydroxylation is 1. The molecule has 1 aromatic rings. The minimum absolute atomic E-state index is 0.0457. The molecule has 0 bridgehead atoms. The van der Waals surface area contributed by atoms with E-state index >= 15 is 0 Å². The van der Waals surface area contributed by atoms with Crippen molar-refractivity contribution in [1.29, 1.82) is 0 Å². The SMILES string of the molecule is C[C@H](OC(=O)C1CCN(C(=O)OC(C)(C)C)CC1)C(=O)N[C@H]1CCCc2ccccc21. The van der Waals surface area contributed by atoms with Crippen LogP contribution in [0.15, 0.2) is 24.3 Å². The van der Waals surface area contributed by atoms with Gasteiger partial charge in [0.25, 0.3) is 5.91 Å². The van der Waals surface area contributed by atoms with E-state index in [0.717, 1.165) is 24.8 Å². The zero-order chi connectivity index (χ0) is 22.6. The maximum atomic E-state index is 12.7. The molecule has 1 fully saturated rings. The highest BCUT2D eigenvalue weighted by atomic mass is 16.6. The number of hydrogen-bond acceptors (Lipinski definition) is 5. The van der Waals surface area contributed by atoms with Gasteiger partial charge in [-0.2, -0.15) is 0 Å². The van der Waals surface area contributed by atoms with Crippen LogP contribution in [-0.2, 0) is 25.5 Å². The van der Waals surface area contributed by atoms with Crippen molar-refractivity contribution in [2.75, 3.05) is 13.1 Å². The molecule has 0 spiro atoms. The fourth-order valence-corrected chi connectivity index (χ4v) is 4.14. The normalized spacial score (nSPS) is 20.4. The van der Waals surface area contributed by atoms with E-state index in [1.807, 2.05) is 32.9 Å². The van der Waals surface area contributed by atoms with Gasteiger partial charge in [0.15, 0.2) is 6.10 Å². The number of ether oxygens (including phenoxy) is 2. The summed E-state index contributed by atoms with van der Waals surface area (Å²) in [6.45, 7) is 7.97. The van der Waals surface area contributed by atoms with Crippen LogP contribution < -0.4 is 5.32 Å². The first-order valence-electron chi connectivity index (χ1n) is 11.2. The lowest BCUT2D eigenvalue weighted by atomic mass is 9.87. The Kier molecular flexibility index (Phi) is 7.23. The number of amides is 2. The van der Waals surface area contributed by atoms with Gasteiger partial charge in [-0.05, 0) is 70.9 Å². The van der Waals surface area contributed by atoms with E-state index in [-0.39, 0.29) is 29.9 Å². The van der Waals surface area contributed by atoms with E-state index in [0.29, 0.717) is 25.9 Å². The zero-order valence-corrected chi connectivity index (χ0v) is 19.0. The van der Waals surface area contributed by atoms with Gasteiger partial charge in [0.2, 0.25) is 0 Å². The van der Waals surface area contributed by atoms with Crippen molar-refractivity contribution in [3.63, 3.8) is 0 Å². The number of benzene rings is 1. The summed E-state index contributed by atoms with van der Waals surface area (Å²) in [6.07, 6.45) is 2.71. The van der Waals surface area contributed by atoms with Crippen LogP contribution in [-0.4, -0.2) is 47.7 Å². The predicted octanol–water partition coefficient (Wildman–Crippen LogP) is 3.76. The molecular formula is C24H34N2O5. The number of carbonyl (C=O) groups excluding carboxylic acids is 3. The molecule has 7 heteroatoms. The third kappa shape index (κ3) is 6.21. The van der Waals surface area contributed by atoms with Crippen LogP contribution in [0.5, 0.6) is 0 Å². The van der Waals surface area contributed by atoms with Gasteiger partial charge in [-0.15, -0.1) is 0 Å². The Hall–Kier alpha value is -2.57. The van der Waals surface area contributed by atoms with Crippen LogP contribution >= 0.6 is 0 Å². The molecule has 1 saturated heterocycles. The van der Waals surface area contributed by atoms with E-state index in [9.17, 15) is 14.4 Å². The molecule has 1 N–H and O–H groups in total. The third-order valence-electron chi connectivity index (χ3n) is 5.83. The molecule has 1 aliphatic carbocycles. The maximum Gasteiger partial charge on any atom is 0.410 e. The molecule has 0 aromatic heterocycles. The summed E-state index contributed by atoms with van der Waals surface area (Å²) in [5.41, 5.74) is 1.87. The number of fused-ring (bicyclic) bond motifs is 1. The van der Waals surface area contributed by atoms with E-state index < -0.39 is 11.7 Å². The van der Waals surface area contributed by atoms with Gasteiger partial charge in [-0.1, -0.05) is 24.3 Å². The molecule has 1 aromatic carbocycles. The highest BCUT2D eigenvalue weighted by Crippen LogP contribution is 2.29. The molecule has 7 nitrogen and oxygen atoms in total. The van der Waals surface area contributed by atoms with Gasteiger partial charge >= 0.3 is 12.1 Å². The third-order valence-corrected chi connectivity index (χ3v) is 5.83. The predicted molar refractivity (Wildman–Crippen MR) is 116 cm³/mol. The summed E-state index contributed by atoms with van der Waals surface area (Å²) in [5, 5.41) is 3.04. The zero-order valence-electron chi connectivity index (χ0n) is 19.0. The Morgan fingerprint density at radius 1 is 1.10 bits per heavy atom. The molecular weight excluding hydrogens is 396 g/mol. The lowest BCUT2D eigenvalue weighted by Gasteiger charge is -2.33. The van der Waals surface area contributed by atoms with Gasteiger partial charge in [-0.25, -0.2) is 4.79 Å². The van der Waals surface area contributed by atoms with Crippen LogP contribution in [0.3, 0.4) is 0 Å². The number of nitrogens with one attached hydrogen (secondary N) is 1. The van der Waals surface area contributed by atoms with Crippen LogP contribution in [0.25, 0.3) is 0 Å². The summed E-state index contributed by atoms with van der Waals surface area (Å²) in [6, 6.07) is 8.10. The molecule has 1 aliphatic heterocycles. The minimum Gasteiger partial charge on any atom is -0.452 e. The molecule has 1 heterocycles. The van der Waals surface area contributed by atoms with Gasteiger partial charge in [0.1, 0.15) is 5.60 Å². The smallest absolute Gasteiger partial charge is 0.410 e. The highest BCUT2D eigenvalue weighted by Gasteiger charge is 2.32. The first kappa shape index (κ1) is 23.1. The Morgan fingerprint density at radius 3 is 2.45 bits per heavy atom. The van der Waals surface area contributed by atoms with Crippen molar-refractivity contribution < 1.29 is 23.9 Å². The van der Waals surface area contributed by atoms with Crippen LogP contribution in [0.4, 0.5) is 4.79 Å². The fourth-order valence-electron chi connectivity index (χ4n) is 4.14. The van der Waals surface area contributed by atoms with Gasteiger partial charge in [0.05, 0.1) is 12.0 Å². The molecule has 2 aliphatic rings. The molecule has 0 unspecified atom stereocenters. The number of nitrogens with zero attached hydrogens (tertiary/aromatic N) is 1. The van der Waals surface area contributed by atoms with Gasteiger partial charge in [0, 0.05) is 13.1 Å². The molecule has 2 atom stereocenters. The maximum absolute atomic E-state index is 12.7. The summed E-state index contributed by atoms with van der Waals surface area (Å²) in [5.74, 6) is -0.971. The minimum atomic E-state index is -0.856. The second kappa shape index (κ2) is 9.71. The molecule has 0 saturated carbocycles. The molecule has 0 radical (unpaired) electrons. The second-order valence-corrected chi connectivity index (χ2v) is 9.47. The number of carbonyl (C=O) groups is 3. The number of rotatable bonds is 4. The number of hydrogen-bond donors (Lipinski definition) is 1. The highest BCUT2D eigenvalue weighted by molar-refractivity contribution is 5.84. The van der Waals surface area contributed by atoms with Crippen molar-refractivity contribution in [1.82, 2.24) is 10.2 Å². The topological polar surface area (TPSA) is 84.9 Å². The van der Waals surface area contributed by atoms with Crippen molar-refractivity contribution in [3.8, 4) is 0 Å². The average Bonchev–Trinajstić information content (AvgIpc) is 2.72. The van der Waals surface area contributed by atoms with Crippen molar-refractivity contribution in [3.05, 3.63) is 35.4 Å². The summed E-state index contributed by atoms with van der Waals surface area (Å²) < 4.78 is 10.9. The van der Waals surface area contributed by atoms with Crippen molar-refractivity contribution >= 4 is 18.0 Å². The average molecular weight is 431 g/mol. The first-order valence-corrected chi connectivity index (χ1v) is 11.2. The molecule has 31 heavy (non-hydrogen) atoms. The van der Waals surface area contributed by atoms with E-state index in [1.54, 1.807) is 11.8 Å². The Morgan fingerprint density at radius 2 is 1.77 bits per heavy atom. The Bertz CT molecular complexity index is 808. The van der Waals surface area contributed by atoms with Crippen LogP contribution in [0, 0.1) is 5.92 Å². The Balaban J connectivity index is 1.47.